The summed E-state index contributed by atoms with van der Waals surface area (Å²) in [7, 11) is -3.66. The van der Waals surface area contributed by atoms with Crippen molar-refractivity contribution in [3.05, 3.63) is 65.9 Å². The fourth-order valence-corrected chi connectivity index (χ4v) is 4.23. The number of hydrogen-bond acceptors (Lipinski definition) is 3. The number of urea groups is 1. The molecule has 6 nitrogen and oxygen atoms in total. The van der Waals surface area contributed by atoms with Crippen LogP contribution in [0.1, 0.15) is 18.1 Å². The second kappa shape index (κ2) is 7.84. The molecule has 0 aliphatic carbocycles. The third-order valence-electron chi connectivity index (χ3n) is 4.34. The zero-order valence-electron chi connectivity index (χ0n) is 15.4. The maximum atomic E-state index is 13.0. The molecule has 0 unspecified atom stereocenters. The van der Waals surface area contributed by atoms with Crippen molar-refractivity contribution in [2.75, 3.05) is 13.1 Å². The van der Waals surface area contributed by atoms with Gasteiger partial charge in [-0.05, 0) is 50.1 Å². The van der Waals surface area contributed by atoms with E-state index in [0.29, 0.717) is 25.0 Å². The Morgan fingerprint density at radius 1 is 1.04 bits per heavy atom. The maximum absolute atomic E-state index is 13.0. The van der Waals surface area contributed by atoms with Crippen molar-refractivity contribution in [1.82, 2.24) is 14.6 Å². The number of rotatable bonds is 6. The van der Waals surface area contributed by atoms with Crippen molar-refractivity contribution >= 4 is 27.0 Å². The lowest BCUT2D eigenvalue weighted by molar-refractivity contribution is 0.241. The number of aromatic nitrogens is 1. The topological polar surface area (TPSA) is 80.2 Å². The van der Waals surface area contributed by atoms with E-state index in [1.807, 2.05) is 32.0 Å². The van der Waals surface area contributed by atoms with Gasteiger partial charge in [-0.2, -0.15) is 0 Å². The summed E-state index contributed by atoms with van der Waals surface area (Å²) in [5.41, 5.74) is 2.60. The molecule has 0 bridgehead atoms. The molecule has 0 fully saturated rings. The first-order valence-electron chi connectivity index (χ1n) is 8.86. The molecule has 1 heterocycles. The fraction of sp³-hybridized carbons (Fsp3) is 0.250. The minimum atomic E-state index is -3.66. The average molecular weight is 385 g/mol. The second-order valence-corrected chi connectivity index (χ2v) is 8.17. The molecular formula is C20H23N3O3S. The third kappa shape index (κ3) is 4.14. The average Bonchev–Trinajstić information content (AvgIpc) is 3.06. The molecule has 0 radical (unpaired) electrons. The first kappa shape index (κ1) is 19.0. The van der Waals surface area contributed by atoms with E-state index in [0.717, 1.165) is 16.5 Å². The van der Waals surface area contributed by atoms with Crippen molar-refractivity contribution in [1.29, 1.82) is 0 Å². The first-order chi connectivity index (χ1) is 12.9. The minimum absolute atomic E-state index is 0.205. The molecule has 2 N–H and O–H groups in total. The zero-order valence-corrected chi connectivity index (χ0v) is 16.2. The van der Waals surface area contributed by atoms with E-state index in [2.05, 4.69) is 10.6 Å². The summed E-state index contributed by atoms with van der Waals surface area (Å²) in [6.45, 7) is 4.82. The minimum Gasteiger partial charge on any atom is -0.338 e. The van der Waals surface area contributed by atoms with Gasteiger partial charge in [0.15, 0.2) is 0 Å². The van der Waals surface area contributed by atoms with E-state index in [1.54, 1.807) is 36.5 Å². The summed E-state index contributed by atoms with van der Waals surface area (Å²) in [5.74, 6) is 0. The van der Waals surface area contributed by atoms with E-state index in [-0.39, 0.29) is 10.9 Å². The van der Waals surface area contributed by atoms with E-state index in [9.17, 15) is 13.2 Å². The number of fused-ring (bicyclic) bond motifs is 1. The SMILES string of the molecule is CCNC(=O)NCCc1ccc2ccn(S(=O)(=O)c3ccc(C)cc3)c2c1. The summed E-state index contributed by atoms with van der Waals surface area (Å²) in [4.78, 5) is 11.7. The molecule has 0 aliphatic heterocycles. The largest absolute Gasteiger partial charge is 0.338 e. The second-order valence-electron chi connectivity index (χ2n) is 6.36. The van der Waals surface area contributed by atoms with Gasteiger partial charge in [0, 0.05) is 24.7 Å². The molecule has 0 saturated carbocycles. The summed E-state index contributed by atoms with van der Waals surface area (Å²) >= 11 is 0. The molecule has 142 valence electrons. The van der Waals surface area contributed by atoms with Crippen LogP contribution in [0.3, 0.4) is 0 Å². The quantitative estimate of drug-likeness (QED) is 0.684. The van der Waals surface area contributed by atoms with Crippen LogP contribution in [0.4, 0.5) is 4.79 Å². The molecule has 2 amide bonds. The van der Waals surface area contributed by atoms with Gasteiger partial charge >= 0.3 is 6.03 Å². The number of benzene rings is 2. The lowest BCUT2D eigenvalue weighted by Gasteiger charge is -2.10. The van der Waals surface area contributed by atoms with Crippen LogP contribution in [0.25, 0.3) is 10.9 Å². The number of amides is 2. The number of carbonyl (C=O) groups is 1. The van der Waals surface area contributed by atoms with Crippen molar-refractivity contribution in [2.45, 2.75) is 25.2 Å². The molecular weight excluding hydrogens is 362 g/mol. The fourth-order valence-electron chi connectivity index (χ4n) is 2.88. The van der Waals surface area contributed by atoms with Crippen LogP contribution in [0, 0.1) is 6.92 Å². The van der Waals surface area contributed by atoms with Crippen LogP contribution < -0.4 is 10.6 Å². The van der Waals surface area contributed by atoms with Crippen LogP contribution >= 0.6 is 0 Å². The van der Waals surface area contributed by atoms with Gasteiger partial charge in [0.1, 0.15) is 0 Å². The Morgan fingerprint density at radius 2 is 1.78 bits per heavy atom. The molecule has 1 aromatic heterocycles. The van der Waals surface area contributed by atoms with Crippen molar-refractivity contribution < 1.29 is 13.2 Å². The van der Waals surface area contributed by atoms with E-state index in [4.69, 9.17) is 0 Å². The Bertz CT molecular complexity index is 1050. The lowest BCUT2D eigenvalue weighted by atomic mass is 10.1. The van der Waals surface area contributed by atoms with Gasteiger partial charge in [-0.1, -0.05) is 29.8 Å². The van der Waals surface area contributed by atoms with Gasteiger partial charge in [0.25, 0.3) is 10.0 Å². The monoisotopic (exact) mass is 385 g/mol. The molecule has 0 atom stereocenters. The number of carbonyl (C=O) groups excluding carboxylic acids is 1. The molecule has 0 aliphatic rings. The highest BCUT2D eigenvalue weighted by Gasteiger charge is 2.18. The van der Waals surface area contributed by atoms with Crippen LogP contribution in [-0.4, -0.2) is 31.5 Å². The summed E-state index contributed by atoms with van der Waals surface area (Å²) in [5, 5.41) is 6.30. The number of aryl methyl sites for hydroxylation is 1. The van der Waals surface area contributed by atoms with Gasteiger partial charge in [-0.25, -0.2) is 17.2 Å². The van der Waals surface area contributed by atoms with E-state index < -0.39 is 10.0 Å². The predicted molar refractivity (Wildman–Crippen MR) is 106 cm³/mol. The Balaban J connectivity index is 1.87. The smallest absolute Gasteiger partial charge is 0.314 e. The molecule has 3 aromatic rings. The summed E-state index contributed by atoms with van der Waals surface area (Å²) in [6, 6.07) is 14.1. The van der Waals surface area contributed by atoms with Crippen molar-refractivity contribution in [2.24, 2.45) is 0 Å². The van der Waals surface area contributed by atoms with Gasteiger partial charge in [0.05, 0.1) is 10.4 Å². The van der Waals surface area contributed by atoms with Crippen molar-refractivity contribution in [3.63, 3.8) is 0 Å². The highest BCUT2D eigenvalue weighted by Crippen LogP contribution is 2.23. The molecule has 0 saturated heterocycles. The summed E-state index contributed by atoms with van der Waals surface area (Å²) in [6.07, 6.45) is 2.19. The molecule has 27 heavy (non-hydrogen) atoms. The number of nitrogens with one attached hydrogen (secondary N) is 2. The van der Waals surface area contributed by atoms with Crippen LogP contribution in [0.15, 0.2) is 59.6 Å². The van der Waals surface area contributed by atoms with E-state index >= 15 is 0 Å². The molecule has 0 spiro atoms. The standard InChI is InChI=1S/C20H23N3O3S/c1-3-21-20(24)22-12-10-16-6-7-17-11-13-23(19(17)14-16)27(25,26)18-8-4-15(2)5-9-18/h4-9,11,13-14H,3,10,12H2,1-2H3,(H2,21,22,24). The van der Waals surface area contributed by atoms with Crippen molar-refractivity contribution in [3.8, 4) is 0 Å². The third-order valence-corrected chi connectivity index (χ3v) is 6.04. The molecule has 3 rings (SSSR count). The number of hydrogen-bond donors (Lipinski definition) is 2. The number of nitrogens with zero attached hydrogens (tertiary/aromatic N) is 1. The highest BCUT2D eigenvalue weighted by atomic mass is 32.2. The van der Waals surface area contributed by atoms with Gasteiger partial charge < -0.3 is 10.6 Å². The first-order valence-corrected chi connectivity index (χ1v) is 10.3. The summed E-state index contributed by atoms with van der Waals surface area (Å²) < 4.78 is 27.3. The highest BCUT2D eigenvalue weighted by molar-refractivity contribution is 7.90. The van der Waals surface area contributed by atoms with Crippen LogP contribution in [-0.2, 0) is 16.4 Å². The lowest BCUT2D eigenvalue weighted by Crippen LogP contribution is -2.36. The Morgan fingerprint density at radius 3 is 2.48 bits per heavy atom. The normalized spacial score (nSPS) is 11.5. The Labute approximate surface area is 159 Å². The van der Waals surface area contributed by atoms with Crippen LogP contribution in [0.2, 0.25) is 0 Å². The molecule has 2 aromatic carbocycles. The zero-order chi connectivity index (χ0) is 19.4. The van der Waals surface area contributed by atoms with Gasteiger partial charge in [-0.15, -0.1) is 0 Å². The van der Waals surface area contributed by atoms with Crippen LogP contribution in [0.5, 0.6) is 0 Å². The maximum Gasteiger partial charge on any atom is 0.314 e. The Hall–Kier alpha value is -2.80. The molecule has 7 heteroatoms. The van der Waals surface area contributed by atoms with E-state index in [1.165, 1.54) is 3.97 Å². The Kier molecular flexibility index (Phi) is 5.51. The van der Waals surface area contributed by atoms with Gasteiger partial charge in [0.2, 0.25) is 0 Å². The van der Waals surface area contributed by atoms with Gasteiger partial charge in [-0.3, -0.25) is 0 Å². The predicted octanol–water partition coefficient (Wildman–Crippen LogP) is 3.05.